The van der Waals surface area contributed by atoms with Gasteiger partial charge in [-0.05, 0) is 18.8 Å². The van der Waals surface area contributed by atoms with Gasteiger partial charge in [0.1, 0.15) is 5.01 Å². The van der Waals surface area contributed by atoms with Gasteiger partial charge in [-0.2, -0.15) is 5.26 Å². The summed E-state index contributed by atoms with van der Waals surface area (Å²) in [6, 6.07) is 2.20. The summed E-state index contributed by atoms with van der Waals surface area (Å²) < 4.78 is 0. The third kappa shape index (κ3) is 4.73. The van der Waals surface area contributed by atoms with Crippen molar-refractivity contribution < 1.29 is 0 Å². The van der Waals surface area contributed by atoms with Crippen molar-refractivity contribution in [1.82, 2.24) is 10.3 Å². The molecule has 0 saturated carbocycles. The average molecular weight is 237 g/mol. The summed E-state index contributed by atoms with van der Waals surface area (Å²) >= 11 is 1.69. The molecule has 0 atom stereocenters. The van der Waals surface area contributed by atoms with E-state index >= 15 is 0 Å². The molecule has 0 unspecified atom stereocenters. The van der Waals surface area contributed by atoms with Gasteiger partial charge in [-0.15, -0.1) is 11.3 Å². The van der Waals surface area contributed by atoms with Crippen LogP contribution < -0.4 is 5.32 Å². The maximum atomic E-state index is 8.56. The average Bonchev–Trinajstić information content (AvgIpc) is 2.61. The van der Waals surface area contributed by atoms with Crippen LogP contribution in [0, 0.1) is 23.7 Å². The molecule has 1 rings (SSSR count). The number of thiazole rings is 1. The highest BCUT2D eigenvalue weighted by molar-refractivity contribution is 7.09. The van der Waals surface area contributed by atoms with Crippen LogP contribution in [0.3, 0.4) is 0 Å². The van der Waals surface area contributed by atoms with Crippen LogP contribution in [0.4, 0.5) is 0 Å². The van der Waals surface area contributed by atoms with Gasteiger partial charge >= 0.3 is 0 Å². The minimum Gasteiger partial charge on any atom is -0.310 e. The number of hydrogen-bond acceptors (Lipinski definition) is 4. The number of rotatable bonds is 6. The monoisotopic (exact) mass is 237 g/mol. The summed E-state index contributed by atoms with van der Waals surface area (Å²) in [7, 11) is 0. The van der Waals surface area contributed by atoms with E-state index in [-0.39, 0.29) is 5.41 Å². The SMILES string of the molecule is Cc1csc(CNCC(C)(C)CCC#N)n1. The smallest absolute Gasteiger partial charge is 0.107 e. The Bertz CT molecular complexity index is 363. The molecule has 0 aromatic carbocycles. The first-order valence-electron chi connectivity index (χ1n) is 5.52. The molecule has 1 aromatic heterocycles. The van der Waals surface area contributed by atoms with Crippen molar-refractivity contribution in [3.05, 3.63) is 16.1 Å². The lowest BCUT2D eigenvalue weighted by atomic mass is 9.88. The van der Waals surface area contributed by atoms with Crippen LogP contribution in [-0.2, 0) is 6.54 Å². The van der Waals surface area contributed by atoms with Gasteiger partial charge in [0.25, 0.3) is 0 Å². The zero-order valence-electron chi connectivity index (χ0n) is 10.2. The summed E-state index contributed by atoms with van der Waals surface area (Å²) in [5, 5.41) is 15.2. The Morgan fingerprint density at radius 3 is 2.88 bits per heavy atom. The predicted octanol–water partition coefficient (Wildman–Crippen LogP) is 2.87. The zero-order chi connectivity index (χ0) is 12.0. The molecule has 0 fully saturated rings. The first kappa shape index (κ1) is 13.1. The first-order chi connectivity index (χ1) is 7.53. The van der Waals surface area contributed by atoms with Crippen molar-refractivity contribution in [2.75, 3.05) is 6.54 Å². The summed E-state index contributed by atoms with van der Waals surface area (Å²) in [4.78, 5) is 4.40. The Morgan fingerprint density at radius 2 is 2.31 bits per heavy atom. The van der Waals surface area contributed by atoms with Crippen LogP contribution in [0.2, 0.25) is 0 Å². The molecule has 0 aliphatic heterocycles. The standard InChI is InChI=1S/C12H19N3S/c1-10-8-16-11(15-10)7-14-9-12(2,3)5-4-6-13/h8,14H,4-5,7,9H2,1-3H3. The van der Waals surface area contributed by atoms with E-state index in [0.29, 0.717) is 6.42 Å². The Labute approximate surface area is 102 Å². The molecule has 4 heteroatoms. The predicted molar refractivity (Wildman–Crippen MR) is 67.2 cm³/mol. The van der Waals surface area contributed by atoms with E-state index in [9.17, 15) is 0 Å². The maximum absolute atomic E-state index is 8.56. The Hall–Kier alpha value is -0.920. The van der Waals surface area contributed by atoms with Crippen molar-refractivity contribution in [2.45, 2.75) is 40.2 Å². The van der Waals surface area contributed by atoms with Crippen LogP contribution in [0.15, 0.2) is 5.38 Å². The van der Waals surface area contributed by atoms with Crippen LogP contribution in [0.5, 0.6) is 0 Å². The molecule has 0 amide bonds. The van der Waals surface area contributed by atoms with E-state index in [1.807, 2.05) is 6.92 Å². The fraction of sp³-hybridized carbons (Fsp3) is 0.667. The van der Waals surface area contributed by atoms with Gasteiger partial charge in [-0.3, -0.25) is 0 Å². The number of hydrogen-bond donors (Lipinski definition) is 1. The summed E-state index contributed by atoms with van der Waals surface area (Å²) in [6.45, 7) is 8.13. The highest BCUT2D eigenvalue weighted by atomic mass is 32.1. The van der Waals surface area contributed by atoms with Crippen LogP contribution in [0.1, 0.15) is 37.4 Å². The quantitative estimate of drug-likeness (QED) is 0.827. The zero-order valence-corrected chi connectivity index (χ0v) is 11.0. The number of nitriles is 1. The number of aromatic nitrogens is 1. The van der Waals surface area contributed by atoms with Crippen molar-refractivity contribution in [3.8, 4) is 6.07 Å². The normalized spacial score (nSPS) is 11.4. The highest BCUT2D eigenvalue weighted by Gasteiger charge is 2.16. The Balaban J connectivity index is 2.27. The molecule has 88 valence electrons. The molecule has 0 aliphatic carbocycles. The second kappa shape index (κ2) is 5.97. The fourth-order valence-corrected chi connectivity index (χ4v) is 2.22. The molecule has 3 nitrogen and oxygen atoms in total. The lowest BCUT2D eigenvalue weighted by Gasteiger charge is -2.23. The molecule has 0 radical (unpaired) electrons. The second-order valence-electron chi connectivity index (χ2n) is 4.81. The van der Waals surface area contributed by atoms with Gasteiger partial charge in [0.2, 0.25) is 0 Å². The van der Waals surface area contributed by atoms with E-state index < -0.39 is 0 Å². The third-order valence-electron chi connectivity index (χ3n) is 2.46. The van der Waals surface area contributed by atoms with Crippen molar-refractivity contribution in [2.24, 2.45) is 5.41 Å². The third-order valence-corrected chi connectivity index (χ3v) is 3.43. The molecule has 1 aromatic rings. The second-order valence-corrected chi connectivity index (χ2v) is 5.75. The summed E-state index contributed by atoms with van der Waals surface area (Å²) in [5.41, 5.74) is 1.27. The summed E-state index contributed by atoms with van der Waals surface area (Å²) in [5.74, 6) is 0. The van der Waals surface area contributed by atoms with Gasteiger partial charge in [0.15, 0.2) is 0 Å². The van der Waals surface area contributed by atoms with E-state index in [4.69, 9.17) is 5.26 Å². The molecular weight excluding hydrogens is 218 g/mol. The number of nitrogens with one attached hydrogen (secondary N) is 1. The fourth-order valence-electron chi connectivity index (χ4n) is 1.47. The molecular formula is C12H19N3S. The Kier molecular flexibility index (Phi) is 4.91. The van der Waals surface area contributed by atoms with E-state index in [1.54, 1.807) is 11.3 Å². The van der Waals surface area contributed by atoms with Crippen molar-refractivity contribution in [3.63, 3.8) is 0 Å². The molecule has 0 aliphatic rings. The topological polar surface area (TPSA) is 48.7 Å². The Morgan fingerprint density at radius 1 is 1.56 bits per heavy atom. The van der Waals surface area contributed by atoms with Crippen molar-refractivity contribution >= 4 is 11.3 Å². The molecule has 1 heterocycles. The van der Waals surface area contributed by atoms with Gasteiger partial charge in [-0.25, -0.2) is 4.98 Å². The lowest BCUT2D eigenvalue weighted by Crippen LogP contribution is -2.28. The molecule has 0 saturated heterocycles. The largest absolute Gasteiger partial charge is 0.310 e. The van der Waals surface area contributed by atoms with Crippen LogP contribution in [-0.4, -0.2) is 11.5 Å². The van der Waals surface area contributed by atoms with E-state index in [1.165, 1.54) is 0 Å². The number of aryl methyl sites for hydroxylation is 1. The first-order valence-corrected chi connectivity index (χ1v) is 6.40. The molecule has 0 bridgehead atoms. The van der Waals surface area contributed by atoms with Gasteiger partial charge in [0, 0.05) is 30.6 Å². The van der Waals surface area contributed by atoms with Crippen LogP contribution >= 0.6 is 11.3 Å². The van der Waals surface area contributed by atoms with Gasteiger partial charge in [0.05, 0.1) is 6.07 Å². The van der Waals surface area contributed by atoms with E-state index in [0.717, 1.165) is 30.2 Å². The van der Waals surface area contributed by atoms with E-state index in [2.05, 4.69) is 35.6 Å². The lowest BCUT2D eigenvalue weighted by molar-refractivity contribution is 0.317. The van der Waals surface area contributed by atoms with Gasteiger partial charge < -0.3 is 5.32 Å². The van der Waals surface area contributed by atoms with Gasteiger partial charge in [-0.1, -0.05) is 13.8 Å². The maximum Gasteiger partial charge on any atom is 0.107 e. The number of nitrogens with zero attached hydrogens (tertiary/aromatic N) is 2. The highest BCUT2D eigenvalue weighted by Crippen LogP contribution is 2.20. The van der Waals surface area contributed by atoms with Crippen LogP contribution in [0.25, 0.3) is 0 Å². The molecule has 16 heavy (non-hydrogen) atoms. The van der Waals surface area contributed by atoms with Crippen molar-refractivity contribution in [1.29, 1.82) is 5.26 Å². The summed E-state index contributed by atoms with van der Waals surface area (Å²) in [6.07, 6.45) is 1.57. The molecule has 1 N–H and O–H groups in total. The minimum atomic E-state index is 0.183. The molecule has 0 spiro atoms. The minimum absolute atomic E-state index is 0.183.